The molecule has 0 unspecified atom stereocenters. The van der Waals surface area contributed by atoms with Crippen LogP contribution in [0.25, 0.3) is 20.3 Å². The zero-order chi connectivity index (χ0) is 21.9. The summed E-state index contributed by atoms with van der Waals surface area (Å²) in [4.78, 5) is 30.8. The van der Waals surface area contributed by atoms with E-state index in [-0.39, 0.29) is 23.3 Å². The number of benzene rings is 2. The van der Waals surface area contributed by atoms with E-state index in [1.54, 1.807) is 4.57 Å². The van der Waals surface area contributed by atoms with Crippen molar-refractivity contribution in [2.45, 2.75) is 37.2 Å². The monoisotopic (exact) mass is 465 g/mol. The molecule has 5 rings (SSSR count). The predicted molar refractivity (Wildman–Crippen MR) is 129 cm³/mol. The van der Waals surface area contributed by atoms with Gasteiger partial charge in [-0.05, 0) is 24.5 Å². The lowest BCUT2D eigenvalue weighted by atomic mass is 10.2. The van der Waals surface area contributed by atoms with Crippen molar-refractivity contribution in [1.29, 1.82) is 0 Å². The zero-order valence-corrected chi connectivity index (χ0v) is 19.1. The van der Waals surface area contributed by atoms with Gasteiger partial charge in [0.05, 0.1) is 23.9 Å². The van der Waals surface area contributed by atoms with Crippen LogP contribution >= 0.6 is 23.1 Å². The number of amides is 1. The molecule has 3 heterocycles. The molecule has 0 aliphatic carbocycles. The highest BCUT2D eigenvalue weighted by Crippen LogP contribution is 2.32. The highest BCUT2D eigenvalue weighted by molar-refractivity contribution is 7.99. The van der Waals surface area contributed by atoms with Crippen molar-refractivity contribution >= 4 is 49.3 Å². The number of aromatic nitrogens is 2. The van der Waals surface area contributed by atoms with Crippen molar-refractivity contribution in [3.8, 4) is 0 Å². The van der Waals surface area contributed by atoms with Crippen molar-refractivity contribution in [2.24, 2.45) is 0 Å². The molecule has 8 heteroatoms. The second kappa shape index (κ2) is 9.44. The van der Waals surface area contributed by atoms with Crippen LogP contribution in [0.4, 0.5) is 0 Å². The van der Waals surface area contributed by atoms with Crippen molar-refractivity contribution in [3.63, 3.8) is 0 Å². The van der Waals surface area contributed by atoms with E-state index in [0.29, 0.717) is 28.5 Å². The van der Waals surface area contributed by atoms with Gasteiger partial charge in [-0.25, -0.2) is 4.98 Å². The number of hydrogen-bond donors (Lipinski definition) is 1. The SMILES string of the molecule is O=C(CSc1nc2c(sc3ccccc32)c(=O)n1C[C@@H]1CCCO1)NCc1ccccc1. The minimum Gasteiger partial charge on any atom is -0.376 e. The minimum atomic E-state index is -0.0907. The number of nitrogens with zero attached hydrogens (tertiary/aromatic N) is 2. The third-order valence-corrected chi connectivity index (χ3v) is 7.65. The molecule has 32 heavy (non-hydrogen) atoms. The van der Waals surface area contributed by atoms with Gasteiger partial charge in [-0.1, -0.05) is 60.3 Å². The largest absolute Gasteiger partial charge is 0.376 e. The van der Waals surface area contributed by atoms with Gasteiger partial charge >= 0.3 is 0 Å². The molecule has 4 aromatic rings. The Morgan fingerprint density at radius 1 is 1.19 bits per heavy atom. The molecule has 0 bridgehead atoms. The second-order valence-corrected chi connectivity index (χ2v) is 9.77. The fourth-order valence-corrected chi connectivity index (χ4v) is 5.82. The normalized spacial score (nSPS) is 16.1. The fourth-order valence-electron chi connectivity index (χ4n) is 3.89. The molecule has 1 atom stereocenters. The van der Waals surface area contributed by atoms with E-state index in [1.807, 2.05) is 54.6 Å². The second-order valence-electron chi connectivity index (χ2n) is 7.77. The summed E-state index contributed by atoms with van der Waals surface area (Å²) >= 11 is 2.78. The lowest BCUT2D eigenvalue weighted by molar-refractivity contribution is -0.118. The van der Waals surface area contributed by atoms with Crippen molar-refractivity contribution in [3.05, 3.63) is 70.5 Å². The first-order valence-corrected chi connectivity index (χ1v) is 12.5. The third kappa shape index (κ3) is 4.44. The molecule has 1 aliphatic rings. The summed E-state index contributed by atoms with van der Waals surface area (Å²) in [7, 11) is 0. The molecule has 164 valence electrons. The maximum atomic E-state index is 13.4. The maximum absolute atomic E-state index is 13.4. The summed E-state index contributed by atoms with van der Waals surface area (Å²) in [5, 5.41) is 4.48. The number of fused-ring (bicyclic) bond motifs is 3. The first-order chi connectivity index (χ1) is 15.7. The molecular formula is C24H23N3O3S2. The average Bonchev–Trinajstić information content (AvgIpc) is 3.47. The zero-order valence-electron chi connectivity index (χ0n) is 17.5. The van der Waals surface area contributed by atoms with Crippen LogP contribution in [0.5, 0.6) is 0 Å². The van der Waals surface area contributed by atoms with Gasteiger partial charge in [-0.2, -0.15) is 0 Å². The quantitative estimate of drug-likeness (QED) is 0.327. The van der Waals surface area contributed by atoms with Crippen LogP contribution in [0.1, 0.15) is 18.4 Å². The Morgan fingerprint density at radius 2 is 2.00 bits per heavy atom. The van der Waals surface area contributed by atoms with E-state index >= 15 is 0 Å². The summed E-state index contributed by atoms with van der Waals surface area (Å²) in [5.41, 5.74) is 1.70. The van der Waals surface area contributed by atoms with Gasteiger partial charge in [-0.3, -0.25) is 14.2 Å². The Hall–Kier alpha value is -2.68. The lowest BCUT2D eigenvalue weighted by Gasteiger charge is -2.15. The van der Waals surface area contributed by atoms with E-state index < -0.39 is 0 Å². The Bertz CT molecular complexity index is 1310. The molecule has 1 aliphatic heterocycles. The summed E-state index contributed by atoms with van der Waals surface area (Å²) in [6.07, 6.45) is 1.94. The van der Waals surface area contributed by atoms with Crippen molar-refractivity contribution < 1.29 is 9.53 Å². The number of hydrogen-bond acceptors (Lipinski definition) is 6. The van der Waals surface area contributed by atoms with E-state index in [9.17, 15) is 9.59 Å². The standard InChI is InChI=1S/C24H23N3O3S2/c28-20(25-13-16-7-2-1-3-8-16)15-31-24-26-21-18-10-4-5-11-19(18)32-22(21)23(29)27(24)14-17-9-6-12-30-17/h1-5,7-8,10-11,17H,6,9,12-15H2,(H,25,28)/t17-/m0/s1. The summed E-state index contributed by atoms with van der Waals surface area (Å²) in [6, 6.07) is 17.7. The molecule has 1 amide bonds. The van der Waals surface area contributed by atoms with E-state index in [2.05, 4.69) is 5.32 Å². The number of carbonyl (C=O) groups excluding carboxylic acids is 1. The van der Waals surface area contributed by atoms with Gasteiger partial charge in [-0.15, -0.1) is 11.3 Å². The number of carbonyl (C=O) groups is 1. The Kier molecular flexibility index (Phi) is 6.25. The van der Waals surface area contributed by atoms with Crippen LogP contribution in [-0.2, 0) is 22.6 Å². The highest BCUT2D eigenvalue weighted by atomic mass is 32.2. The first kappa shape index (κ1) is 21.2. The predicted octanol–water partition coefficient (Wildman–Crippen LogP) is 4.20. The number of thioether (sulfide) groups is 1. The number of rotatable bonds is 7. The fraction of sp³-hybridized carbons (Fsp3) is 0.292. The van der Waals surface area contributed by atoms with Gasteiger partial charge in [0.2, 0.25) is 5.91 Å². The van der Waals surface area contributed by atoms with Gasteiger partial charge < -0.3 is 10.1 Å². The third-order valence-electron chi connectivity index (χ3n) is 5.52. The van der Waals surface area contributed by atoms with Crippen LogP contribution in [0, 0.1) is 0 Å². The average molecular weight is 466 g/mol. The van der Waals surface area contributed by atoms with Crippen LogP contribution in [0.15, 0.2) is 64.5 Å². The van der Waals surface area contributed by atoms with Gasteiger partial charge in [0.15, 0.2) is 5.16 Å². The Labute approximate surface area is 193 Å². The number of ether oxygens (including phenoxy) is 1. The number of thiophene rings is 1. The summed E-state index contributed by atoms with van der Waals surface area (Å²) < 4.78 is 9.17. The smallest absolute Gasteiger partial charge is 0.272 e. The van der Waals surface area contributed by atoms with Crippen LogP contribution < -0.4 is 10.9 Å². The molecule has 1 saturated heterocycles. The lowest BCUT2D eigenvalue weighted by Crippen LogP contribution is -2.29. The Balaban J connectivity index is 1.42. The van der Waals surface area contributed by atoms with Crippen molar-refractivity contribution in [2.75, 3.05) is 12.4 Å². The molecule has 2 aromatic carbocycles. The summed E-state index contributed by atoms with van der Waals surface area (Å²) in [5.74, 6) is 0.102. The van der Waals surface area contributed by atoms with Crippen LogP contribution in [0.3, 0.4) is 0 Å². The van der Waals surface area contributed by atoms with Gasteiger partial charge in [0, 0.05) is 23.2 Å². The minimum absolute atomic E-state index is 0.00702. The molecule has 0 radical (unpaired) electrons. The van der Waals surface area contributed by atoms with E-state index in [1.165, 1.54) is 23.1 Å². The van der Waals surface area contributed by atoms with Crippen LogP contribution in [0.2, 0.25) is 0 Å². The first-order valence-electron chi connectivity index (χ1n) is 10.7. The van der Waals surface area contributed by atoms with Gasteiger partial charge in [0.1, 0.15) is 4.70 Å². The molecule has 1 N–H and O–H groups in total. The van der Waals surface area contributed by atoms with E-state index in [0.717, 1.165) is 35.1 Å². The van der Waals surface area contributed by atoms with E-state index in [4.69, 9.17) is 9.72 Å². The molecule has 0 saturated carbocycles. The summed E-state index contributed by atoms with van der Waals surface area (Å²) in [6.45, 7) is 1.66. The Morgan fingerprint density at radius 3 is 2.81 bits per heavy atom. The molecular weight excluding hydrogens is 442 g/mol. The van der Waals surface area contributed by atoms with Crippen LogP contribution in [-0.4, -0.2) is 33.9 Å². The van der Waals surface area contributed by atoms with Crippen molar-refractivity contribution in [1.82, 2.24) is 14.9 Å². The molecule has 0 spiro atoms. The molecule has 2 aromatic heterocycles. The molecule has 1 fully saturated rings. The highest BCUT2D eigenvalue weighted by Gasteiger charge is 2.22. The van der Waals surface area contributed by atoms with Gasteiger partial charge in [0.25, 0.3) is 5.56 Å². The topological polar surface area (TPSA) is 73.2 Å². The maximum Gasteiger partial charge on any atom is 0.272 e. The molecule has 6 nitrogen and oxygen atoms in total. The number of nitrogens with one attached hydrogen (secondary N) is 1.